The zero-order valence-corrected chi connectivity index (χ0v) is 16.1. The highest BCUT2D eigenvalue weighted by Gasteiger charge is 2.36. The van der Waals surface area contributed by atoms with Crippen molar-refractivity contribution in [1.29, 1.82) is 0 Å². The van der Waals surface area contributed by atoms with Crippen LogP contribution in [0.1, 0.15) is 5.69 Å². The zero-order chi connectivity index (χ0) is 20.9. The summed E-state index contributed by atoms with van der Waals surface area (Å²) in [4.78, 5) is 27.8. The average Bonchev–Trinajstić information content (AvgIpc) is 3.21. The molecule has 1 aromatic heterocycles. The normalized spacial score (nSPS) is 17.1. The van der Waals surface area contributed by atoms with Gasteiger partial charge in [-0.3, -0.25) is 14.6 Å². The van der Waals surface area contributed by atoms with Crippen LogP contribution < -0.4 is 10.6 Å². The molecule has 3 rings (SSSR count). The number of hydrogen-bond donors (Lipinski definition) is 2. The summed E-state index contributed by atoms with van der Waals surface area (Å²) in [6.07, 6.45) is 0.590. The summed E-state index contributed by atoms with van der Waals surface area (Å²) >= 11 is 0. The molecule has 1 fully saturated rings. The van der Waals surface area contributed by atoms with Crippen molar-refractivity contribution in [2.45, 2.75) is 17.7 Å². The number of carbonyl (C=O) groups excluding carboxylic acids is 2. The Bertz CT molecular complexity index is 970. The first-order chi connectivity index (χ1) is 13.9. The van der Waals surface area contributed by atoms with Gasteiger partial charge in [0.15, 0.2) is 0 Å². The van der Waals surface area contributed by atoms with Crippen LogP contribution in [0.25, 0.3) is 0 Å². The van der Waals surface area contributed by atoms with E-state index < -0.39 is 33.9 Å². The number of rotatable bonds is 6. The van der Waals surface area contributed by atoms with Gasteiger partial charge in [-0.25, -0.2) is 12.8 Å². The second-order valence-electron chi connectivity index (χ2n) is 6.11. The number of nitrogens with one attached hydrogen (secondary N) is 2. The van der Waals surface area contributed by atoms with Gasteiger partial charge in [-0.1, -0.05) is 6.07 Å². The van der Waals surface area contributed by atoms with Gasteiger partial charge < -0.3 is 15.4 Å². The van der Waals surface area contributed by atoms with Crippen LogP contribution in [0.3, 0.4) is 0 Å². The monoisotopic (exact) mass is 422 g/mol. The number of hydrogen-bond acceptors (Lipinski definition) is 6. The van der Waals surface area contributed by atoms with Crippen molar-refractivity contribution in [2.24, 2.45) is 0 Å². The number of aromatic nitrogens is 1. The molecule has 11 heteroatoms. The third kappa shape index (κ3) is 5.13. The van der Waals surface area contributed by atoms with Crippen LogP contribution in [0.4, 0.5) is 4.39 Å². The minimum absolute atomic E-state index is 0.0755. The number of ether oxygens (including phenoxy) is 1. The molecule has 29 heavy (non-hydrogen) atoms. The molecule has 2 aromatic rings. The van der Waals surface area contributed by atoms with Crippen LogP contribution in [0.2, 0.25) is 0 Å². The summed E-state index contributed by atoms with van der Waals surface area (Å²) in [5.41, 5.74) is 0.587. The van der Waals surface area contributed by atoms with Gasteiger partial charge >= 0.3 is 11.8 Å². The van der Waals surface area contributed by atoms with Crippen molar-refractivity contribution >= 4 is 21.8 Å². The molecular weight excluding hydrogens is 403 g/mol. The number of halogens is 1. The molecular formula is C18H19FN4O5S. The van der Waals surface area contributed by atoms with E-state index in [1.165, 1.54) is 0 Å². The quantitative estimate of drug-likeness (QED) is 0.633. The molecule has 0 spiro atoms. The molecule has 0 radical (unpaired) electrons. The topological polar surface area (TPSA) is 118 Å². The van der Waals surface area contributed by atoms with Crippen LogP contribution in [0.15, 0.2) is 53.6 Å². The van der Waals surface area contributed by atoms with Gasteiger partial charge in [0.1, 0.15) is 12.0 Å². The molecule has 0 aliphatic carbocycles. The maximum Gasteiger partial charge on any atom is 0.309 e. The lowest BCUT2D eigenvalue weighted by Crippen LogP contribution is -2.47. The van der Waals surface area contributed by atoms with Crippen molar-refractivity contribution in [3.8, 4) is 0 Å². The highest BCUT2D eigenvalue weighted by atomic mass is 32.2. The number of benzene rings is 1. The van der Waals surface area contributed by atoms with Crippen LogP contribution >= 0.6 is 0 Å². The number of amides is 2. The predicted octanol–water partition coefficient (Wildman–Crippen LogP) is 0.000300. The Labute approximate surface area is 166 Å². The Balaban J connectivity index is 1.55. The number of sulfonamides is 1. The molecule has 0 saturated carbocycles. The van der Waals surface area contributed by atoms with Crippen LogP contribution in [-0.4, -0.2) is 55.4 Å². The minimum Gasteiger partial charge on any atom is -0.359 e. The molecule has 1 aliphatic rings. The smallest absolute Gasteiger partial charge is 0.309 e. The average molecular weight is 422 g/mol. The van der Waals surface area contributed by atoms with E-state index in [1.807, 2.05) is 0 Å². The Morgan fingerprint density at radius 3 is 2.55 bits per heavy atom. The van der Waals surface area contributed by atoms with E-state index in [2.05, 4.69) is 15.6 Å². The first-order valence-electron chi connectivity index (χ1n) is 8.73. The summed E-state index contributed by atoms with van der Waals surface area (Å²) in [5, 5.41) is 4.79. The van der Waals surface area contributed by atoms with E-state index in [1.54, 1.807) is 24.4 Å². The van der Waals surface area contributed by atoms with Gasteiger partial charge in [-0.15, -0.1) is 0 Å². The van der Waals surface area contributed by atoms with E-state index >= 15 is 0 Å². The summed E-state index contributed by atoms with van der Waals surface area (Å²) < 4.78 is 44.9. The Morgan fingerprint density at radius 2 is 1.86 bits per heavy atom. The lowest BCUT2D eigenvalue weighted by atomic mass is 10.3. The van der Waals surface area contributed by atoms with Crippen molar-refractivity contribution < 1.29 is 27.1 Å². The maximum absolute atomic E-state index is 13.1. The summed E-state index contributed by atoms with van der Waals surface area (Å²) in [6.45, 7) is 0.0767. The van der Waals surface area contributed by atoms with Gasteiger partial charge in [-0.05, 0) is 36.4 Å². The Morgan fingerprint density at radius 1 is 1.14 bits per heavy atom. The molecule has 2 heterocycles. The second kappa shape index (κ2) is 9.07. The zero-order valence-electron chi connectivity index (χ0n) is 15.2. The van der Waals surface area contributed by atoms with Crippen molar-refractivity contribution in [3.05, 3.63) is 60.2 Å². The number of carbonyl (C=O) groups is 2. The standard InChI is InChI=1S/C18H19FN4O5S/c19-13-4-6-15(7-5-13)29(26,27)23-9-10-28-16(23)12-22-18(25)17(24)21-11-14-3-1-2-8-20-14/h1-8,16H,9-12H2,(H,21,24)(H,22,25)/t16-/m1/s1. The highest BCUT2D eigenvalue weighted by Crippen LogP contribution is 2.22. The summed E-state index contributed by atoms with van der Waals surface area (Å²) in [5.74, 6) is -2.35. The fourth-order valence-electron chi connectivity index (χ4n) is 2.70. The molecule has 2 amide bonds. The van der Waals surface area contributed by atoms with E-state index in [9.17, 15) is 22.4 Å². The lowest BCUT2D eigenvalue weighted by molar-refractivity contribution is -0.139. The van der Waals surface area contributed by atoms with Gasteiger partial charge in [0.2, 0.25) is 10.0 Å². The molecule has 1 aliphatic heterocycles. The van der Waals surface area contributed by atoms with Gasteiger partial charge in [0, 0.05) is 12.7 Å². The first-order valence-corrected chi connectivity index (χ1v) is 10.2. The Hall–Kier alpha value is -2.89. The third-order valence-corrected chi connectivity index (χ3v) is 6.07. The van der Waals surface area contributed by atoms with Crippen LogP contribution in [0.5, 0.6) is 0 Å². The fraction of sp³-hybridized carbons (Fsp3) is 0.278. The molecule has 9 nitrogen and oxygen atoms in total. The SMILES string of the molecule is O=C(NCc1ccccn1)C(=O)NC[C@H]1OCCN1S(=O)(=O)c1ccc(F)cc1. The van der Waals surface area contributed by atoms with Crippen molar-refractivity contribution in [3.63, 3.8) is 0 Å². The molecule has 1 aromatic carbocycles. The highest BCUT2D eigenvalue weighted by molar-refractivity contribution is 7.89. The van der Waals surface area contributed by atoms with Crippen molar-refractivity contribution in [2.75, 3.05) is 19.7 Å². The summed E-state index contributed by atoms with van der Waals surface area (Å²) in [6, 6.07) is 9.59. The van der Waals surface area contributed by atoms with Crippen molar-refractivity contribution in [1.82, 2.24) is 19.9 Å². The van der Waals surface area contributed by atoms with E-state index in [0.29, 0.717) is 5.69 Å². The lowest BCUT2D eigenvalue weighted by Gasteiger charge is -2.22. The van der Waals surface area contributed by atoms with Gasteiger partial charge in [0.05, 0.1) is 30.3 Å². The molecule has 154 valence electrons. The maximum atomic E-state index is 13.1. The second-order valence-corrected chi connectivity index (χ2v) is 8.00. The summed E-state index contributed by atoms with van der Waals surface area (Å²) in [7, 11) is -3.94. The molecule has 0 unspecified atom stereocenters. The molecule has 2 N–H and O–H groups in total. The molecule has 1 saturated heterocycles. The predicted molar refractivity (Wildman–Crippen MR) is 99.1 cm³/mol. The van der Waals surface area contributed by atoms with Crippen LogP contribution in [0, 0.1) is 5.82 Å². The molecule has 0 bridgehead atoms. The largest absolute Gasteiger partial charge is 0.359 e. The number of nitrogens with zero attached hydrogens (tertiary/aromatic N) is 2. The number of pyridine rings is 1. The first kappa shape index (κ1) is 20.8. The fourth-order valence-corrected chi connectivity index (χ4v) is 4.21. The van der Waals surface area contributed by atoms with Crippen LogP contribution in [-0.2, 0) is 30.9 Å². The Kier molecular flexibility index (Phi) is 6.52. The van der Waals surface area contributed by atoms with E-state index in [4.69, 9.17) is 4.74 Å². The minimum atomic E-state index is -3.94. The van der Waals surface area contributed by atoms with E-state index in [0.717, 1.165) is 28.6 Å². The molecule has 1 atom stereocenters. The van der Waals surface area contributed by atoms with E-state index in [-0.39, 0.29) is 31.1 Å². The van der Waals surface area contributed by atoms with Gasteiger partial charge in [-0.2, -0.15) is 4.31 Å². The third-order valence-electron chi connectivity index (χ3n) is 4.16. The van der Waals surface area contributed by atoms with Gasteiger partial charge in [0.25, 0.3) is 0 Å².